The van der Waals surface area contributed by atoms with Crippen molar-refractivity contribution in [2.45, 2.75) is 25.4 Å². The molecule has 1 aromatic heterocycles. The van der Waals surface area contributed by atoms with Crippen LogP contribution in [0.3, 0.4) is 0 Å². The summed E-state index contributed by atoms with van der Waals surface area (Å²) < 4.78 is 0. The smallest absolute Gasteiger partial charge is 0.287 e. The van der Waals surface area contributed by atoms with Gasteiger partial charge in [-0.15, -0.1) is 0 Å². The zero-order valence-electron chi connectivity index (χ0n) is 13.9. The summed E-state index contributed by atoms with van der Waals surface area (Å²) in [6, 6.07) is 13.5. The summed E-state index contributed by atoms with van der Waals surface area (Å²) in [6.07, 6.45) is 2.24. The van der Waals surface area contributed by atoms with E-state index in [1.54, 1.807) is 6.07 Å². The lowest BCUT2D eigenvalue weighted by Gasteiger charge is -2.25. The predicted octanol–water partition coefficient (Wildman–Crippen LogP) is 3.11. The number of nitrogens with one attached hydrogen (secondary N) is 1. The van der Waals surface area contributed by atoms with Gasteiger partial charge in [0.15, 0.2) is 0 Å². The number of likely N-dealkylation sites (tertiary alicyclic amines) is 1. The molecule has 0 spiro atoms. The summed E-state index contributed by atoms with van der Waals surface area (Å²) in [5.74, 6) is 0.650. The number of aromatic nitrogens is 1. The van der Waals surface area contributed by atoms with E-state index in [0.29, 0.717) is 11.4 Å². The van der Waals surface area contributed by atoms with Crippen LogP contribution in [0.25, 0.3) is 0 Å². The first-order valence-electron chi connectivity index (χ1n) is 8.18. The lowest BCUT2D eigenvalue weighted by Crippen LogP contribution is -2.28. The Bertz CT molecular complexity index is 800. The van der Waals surface area contributed by atoms with Crippen LogP contribution >= 0.6 is 0 Å². The van der Waals surface area contributed by atoms with Gasteiger partial charge in [-0.3, -0.25) is 15.0 Å². The number of nitrogens with zero attached hydrogens (tertiary/aromatic N) is 4. The van der Waals surface area contributed by atoms with Gasteiger partial charge >= 0.3 is 0 Å². The van der Waals surface area contributed by atoms with Gasteiger partial charge in [-0.1, -0.05) is 12.1 Å². The average molecular weight is 337 g/mol. The Hall–Kier alpha value is -2.98. The highest BCUT2D eigenvalue weighted by Crippen LogP contribution is 2.26. The maximum atomic E-state index is 10.7. The number of anilines is 1. The fourth-order valence-electron chi connectivity index (χ4n) is 3.12. The van der Waals surface area contributed by atoms with Crippen molar-refractivity contribution >= 4 is 11.5 Å². The molecule has 2 aromatic rings. The highest BCUT2D eigenvalue weighted by molar-refractivity contribution is 5.41. The van der Waals surface area contributed by atoms with Crippen molar-refractivity contribution in [2.75, 3.05) is 18.4 Å². The number of pyridine rings is 1. The number of nitro groups is 1. The fraction of sp³-hybridized carbons (Fsp3) is 0.333. The molecule has 128 valence electrons. The SMILES string of the molecule is C[C@H](c1cccc(C#N)c1)N1CC[C@@H](Nc2ccc([N+](=O)[O-])cn2)C1. The average Bonchev–Trinajstić information content (AvgIpc) is 3.10. The molecule has 1 saturated heterocycles. The van der Waals surface area contributed by atoms with Gasteiger partial charge in [0.25, 0.3) is 5.69 Å². The number of hydrogen-bond acceptors (Lipinski definition) is 6. The molecule has 1 aromatic carbocycles. The Morgan fingerprint density at radius 2 is 2.28 bits per heavy atom. The van der Waals surface area contributed by atoms with E-state index in [-0.39, 0.29) is 17.8 Å². The standard InChI is InChI=1S/C18H19N5O2/c1-13(15-4-2-3-14(9-15)10-19)22-8-7-16(12-22)21-18-6-5-17(11-20-18)23(24)25/h2-6,9,11,13,16H,7-8,12H2,1H3,(H,20,21)/t13-,16-/m1/s1. The van der Waals surface area contributed by atoms with E-state index in [9.17, 15) is 10.1 Å². The second kappa shape index (κ2) is 7.28. The van der Waals surface area contributed by atoms with Crippen LogP contribution in [0.2, 0.25) is 0 Å². The Balaban J connectivity index is 1.61. The van der Waals surface area contributed by atoms with Crippen LogP contribution < -0.4 is 5.32 Å². The predicted molar refractivity (Wildman–Crippen MR) is 94.1 cm³/mol. The van der Waals surface area contributed by atoms with Crippen molar-refractivity contribution in [3.05, 3.63) is 63.8 Å². The van der Waals surface area contributed by atoms with Crippen LogP contribution in [0, 0.1) is 21.4 Å². The fourth-order valence-corrected chi connectivity index (χ4v) is 3.12. The first kappa shape index (κ1) is 16.9. The minimum absolute atomic E-state index is 0.00963. The van der Waals surface area contributed by atoms with E-state index < -0.39 is 4.92 Å². The maximum absolute atomic E-state index is 10.7. The number of nitriles is 1. The lowest BCUT2D eigenvalue weighted by atomic mass is 10.0. The third-order valence-corrected chi connectivity index (χ3v) is 4.58. The van der Waals surface area contributed by atoms with Crippen molar-refractivity contribution < 1.29 is 4.92 Å². The molecule has 1 aliphatic rings. The van der Waals surface area contributed by atoms with E-state index in [4.69, 9.17) is 5.26 Å². The largest absolute Gasteiger partial charge is 0.366 e. The van der Waals surface area contributed by atoms with Crippen LogP contribution in [-0.4, -0.2) is 33.9 Å². The molecule has 7 nitrogen and oxygen atoms in total. The minimum atomic E-state index is -0.453. The molecule has 3 rings (SSSR count). The zero-order valence-corrected chi connectivity index (χ0v) is 13.9. The van der Waals surface area contributed by atoms with Gasteiger partial charge in [0.2, 0.25) is 0 Å². The zero-order chi connectivity index (χ0) is 17.8. The second-order valence-electron chi connectivity index (χ2n) is 6.20. The van der Waals surface area contributed by atoms with Crippen LogP contribution in [0.15, 0.2) is 42.6 Å². The van der Waals surface area contributed by atoms with Gasteiger partial charge in [-0.2, -0.15) is 5.26 Å². The Labute approximate surface area is 146 Å². The van der Waals surface area contributed by atoms with Crippen LogP contribution in [0.1, 0.15) is 30.5 Å². The van der Waals surface area contributed by atoms with Crippen LogP contribution in [0.4, 0.5) is 11.5 Å². The third kappa shape index (κ3) is 3.92. The van der Waals surface area contributed by atoms with E-state index >= 15 is 0 Å². The molecule has 0 amide bonds. The van der Waals surface area contributed by atoms with Gasteiger partial charge in [-0.25, -0.2) is 4.98 Å². The van der Waals surface area contributed by atoms with E-state index in [1.165, 1.54) is 12.3 Å². The van der Waals surface area contributed by atoms with Gasteiger partial charge in [-0.05, 0) is 37.1 Å². The topological polar surface area (TPSA) is 95.1 Å². The summed E-state index contributed by atoms with van der Waals surface area (Å²) in [5, 5.41) is 23.1. The molecule has 0 bridgehead atoms. The second-order valence-corrected chi connectivity index (χ2v) is 6.20. The number of rotatable bonds is 5. The highest BCUT2D eigenvalue weighted by Gasteiger charge is 2.27. The molecule has 7 heteroatoms. The molecule has 0 aliphatic carbocycles. The van der Waals surface area contributed by atoms with Crippen molar-refractivity contribution in [1.82, 2.24) is 9.88 Å². The van der Waals surface area contributed by atoms with E-state index in [1.807, 2.05) is 24.3 Å². The minimum Gasteiger partial charge on any atom is -0.366 e. The van der Waals surface area contributed by atoms with Crippen molar-refractivity contribution in [2.24, 2.45) is 0 Å². The van der Waals surface area contributed by atoms with Crippen molar-refractivity contribution in [3.8, 4) is 6.07 Å². The quantitative estimate of drug-likeness (QED) is 0.665. The van der Waals surface area contributed by atoms with Gasteiger partial charge < -0.3 is 5.32 Å². The molecule has 25 heavy (non-hydrogen) atoms. The van der Waals surface area contributed by atoms with Gasteiger partial charge in [0.05, 0.1) is 16.6 Å². The molecular weight excluding hydrogens is 318 g/mol. The van der Waals surface area contributed by atoms with Crippen LogP contribution in [0.5, 0.6) is 0 Å². The van der Waals surface area contributed by atoms with Gasteiger partial charge in [0.1, 0.15) is 12.0 Å². The summed E-state index contributed by atoms with van der Waals surface area (Å²) >= 11 is 0. The van der Waals surface area contributed by atoms with Gasteiger partial charge in [0, 0.05) is 31.2 Å². The van der Waals surface area contributed by atoms with E-state index in [2.05, 4.69) is 28.2 Å². The monoisotopic (exact) mass is 337 g/mol. The van der Waals surface area contributed by atoms with Crippen molar-refractivity contribution in [1.29, 1.82) is 5.26 Å². The molecule has 1 aliphatic heterocycles. The normalized spacial score (nSPS) is 18.5. The highest BCUT2D eigenvalue weighted by atomic mass is 16.6. The third-order valence-electron chi connectivity index (χ3n) is 4.58. The van der Waals surface area contributed by atoms with Crippen LogP contribution in [-0.2, 0) is 0 Å². The first-order valence-corrected chi connectivity index (χ1v) is 8.18. The molecule has 0 saturated carbocycles. The first-order chi connectivity index (χ1) is 12.1. The molecule has 2 atom stereocenters. The lowest BCUT2D eigenvalue weighted by molar-refractivity contribution is -0.385. The molecule has 1 fully saturated rings. The number of benzene rings is 1. The van der Waals surface area contributed by atoms with Crippen molar-refractivity contribution in [3.63, 3.8) is 0 Å². The number of hydrogen-bond donors (Lipinski definition) is 1. The molecule has 0 unspecified atom stereocenters. The summed E-state index contributed by atoms with van der Waals surface area (Å²) in [6.45, 7) is 3.95. The Kier molecular flexibility index (Phi) is 4.91. The molecular formula is C18H19N5O2. The maximum Gasteiger partial charge on any atom is 0.287 e. The molecule has 0 radical (unpaired) electrons. The molecule has 1 N–H and O–H groups in total. The summed E-state index contributed by atoms with van der Waals surface area (Å²) in [7, 11) is 0. The summed E-state index contributed by atoms with van der Waals surface area (Å²) in [5.41, 5.74) is 1.80. The molecule has 2 heterocycles. The Morgan fingerprint density at radius 3 is 2.96 bits per heavy atom. The van der Waals surface area contributed by atoms with E-state index in [0.717, 1.165) is 25.1 Å². The summed E-state index contributed by atoms with van der Waals surface area (Å²) in [4.78, 5) is 16.7. The Morgan fingerprint density at radius 1 is 1.44 bits per heavy atom.